The molecule has 140 valence electrons. The van der Waals surface area contributed by atoms with Crippen LogP contribution in [0.25, 0.3) is 10.2 Å². The largest absolute Gasteiger partial charge is 0.454 e. The van der Waals surface area contributed by atoms with Gasteiger partial charge in [0.05, 0.1) is 16.6 Å². The summed E-state index contributed by atoms with van der Waals surface area (Å²) in [4.78, 5) is 17.7. The van der Waals surface area contributed by atoms with Gasteiger partial charge >= 0.3 is 0 Å². The molecule has 2 heterocycles. The number of rotatable bonds is 4. The monoisotopic (exact) mass is 382 g/mol. The predicted octanol–water partition coefficient (Wildman–Crippen LogP) is 4.24. The minimum atomic E-state index is -0.160. The van der Waals surface area contributed by atoms with E-state index in [-0.39, 0.29) is 19.1 Å². The van der Waals surface area contributed by atoms with Crippen molar-refractivity contribution in [3.8, 4) is 11.5 Å². The Morgan fingerprint density at radius 1 is 1.19 bits per heavy atom. The fraction of sp³-hybridized carbons (Fsp3) is 0.333. The minimum Gasteiger partial charge on any atom is -0.454 e. The van der Waals surface area contributed by atoms with E-state index in [4.69, 9.17) is 9.47 Å². The molecule has 6 heteroatoms. The van der Waals surface area contributed by atoms with Crippen LogP contribution in [0.4, 0.5) is 0 Å². The van der Waals surface area contributed by atoms with Crippen LogP contribution in [0, 0.1) is 0 Å². The molecule has 0 unspecified atom stereocenters. The number of ether oxygens (including phenoxy) is 2. The number of carbonyl (C=O) groups is 1. The summed E-state index contributed by atoms with van der Waals surface area (Å²) >= 11 is 1.57. The van der Waals surface area contributed by atoms with Crippen LogP contribution >= 0.6 is 11.3 Å². The zero-order chi connectivity index (χ0) is 19.0. The molecule has 0 aliphatic carbocycles. The van der Waals surface area contributed by atoms with E-state index in [0.717, 1.165) is 32.9 Å². The normalized spacial score (nSPS) is 13.7. The fourth-order valence-electron chi connectivity index (χ4n) is 3.21. The molecule has 0 N–H and O–H groups in total. The van der Waals surface area contributed by atoms with Gasteiger partial charge in [0.15, 0.2) is 16.3 Å². The quantitative estimate of drug-likeness (QED) is 0.678. The molecule has 4 rings (SSSR count). The third-order valence-corrected chi connectivity index (χ3v) is 5.74. The molecule has 2 aromatic carbocycles. The van der Waals surface area contributed by atoms with Crippen molar-refractivity contribution < 1.29 is 14.3 Å². The van der Waals surface area contributed by atoms with Crippen LogP contribution in [0.3, 0.4) is 0 Å². The average Bonchev–Trinajstić information content (AvgIpc) is 3.23. The first kappa shape index (κ1) is 17.8. The van der Waals surface area contributed by atoms with E-state index in [9.17, 15) is 4.79 Å². The van der Waals surface area contributed by atoms with Crippen molar-refractivity contribution in [2.75, 3.05) is 6.79 Å². The summed E-state index contributed by atoms with van der Waals surface area (Å²) in [5, 5.41) is 0. The lowest BCUT2D eigenvalue weighted by atomic mass is 10.0. The predicted molar refractivity (Wildman–Crippen MR) is 106 cm³/mol. The van der Waals surface area contributed by atoms with Crippen LogP contribution < -0.4 is 14.3 Å². The van der Waals surface area contributed by atoms with E-state index in [2.05, 4.69) is 48.5 Å². The first-order valence-corrected chi connectivity index (χ1v) is 9.96. The summed E-state index contributed by atoms with van der Waals surface area (Å²) < 4.78 is 14.0. The maximum absolute atomic E-state index is 12.6. The van der Waals surface area contributed by atoms with E-state index in [0.29, 0.717) is 11.7 Å². The Bertz CT molecular complexity index is 1080. The second kappa shape index (κ2) is 7.19. The van der Waals surface area contributed by atoms with Crippen LogP contribution in [0.1, 0.15) is 37.8 Å². The molecule has 1 aliphatic heterocycles. The summed E-state index contributed by atoms with van der Waals surface area (Å²) in [7, 11) is 0. The standard InChI is InChI=1S/C21H22N2O3S/c1-4-23-16-7-6-15(13(2)3)11-19(16)27-21(23)22-20(24)10-14-5-8-17-18(9-14)26-12-25-17/h5-9,11,13H,4,10,12H2,1-3H3. The first-order valence-electron chi connectivity index (χ1n) is 9.14. The van der Waals surface area contributed by atoms with Crippen molar-refractivity contribution in [3.05, 3.63) is 52.3 Å². The Labute approximate surface area is 161 Å². The summed E-state index contributed by atoms with van der Waals surface area (Å²) in [5.41, 5.74) is 3.30. The number of hydrogen-bond donors (Lipinski definition) is 0. The van der Waals surface area contributed by atoms with Crippen molar-refractivity contribution in [1.82, 2.24) is 4.57 Å². The molecule has 0 fully saturated rings. The molecular formula is C21H22N2O3S. The van der Waals surface area contributed by atoms with Gasteiger partial charge in [0.1, 0.15) is 0 Å². The van der Waals surface area contributed by atoms with Crippen molar-refractivity contribution >= 4 is 27.5 Å². The van der Waals surface area contributed by atoms with Crippen LogP contribution in [-0.2, 0) is 17.8 Å². The molecule has 0 radical (unpaired) electrons. The third kappa shape index (κ3) is 3.49. The van der Waals surface area contributed by atoms with E-state index in [1.54, 1.807) is 11.3 Å². The lowest BCUT2D eigenvalue weighted by Crippen LogP contribution is -2.16. The van der Waals surface area contributed by atoms with E-state index < -0.39 is 0 Å². The maximum Gasteiger partial charge on any atom is 0.252 e. The van der Waals surface area contributed by atoms with Gasteiger partial charge in [0.2, 0.25) is 6.79 Å². The summed E-state index contributed by atoms with van der Waals surface area (Å²) in [5.74, 6) is 1.72. The Balaban J connectivity index is 1.66. The zero-order valence-electron chi connectivity index (χ0n) is 15.7. The highest BCUT2D eigenvalue weighted by Gasteiger charge is 2.15. The van der Waals surface area contributed by atoms with Crippen molar-refractivity contribution in [3.63, 3.8) is 0 Å². The van der Waals surface area contributed by atoms with E-state index >= 15 is 0 Å². The number of thiazole rings is 1. The van der Waals surface area contributed by atoms with E-state index in [1.807, 2.05) is 18.2 Å². The molecule has 3 aromatic rings. The molecule has 1 aromatic heterocycles. The van der Waals surface area contributed by atoms with Gasteiger partial charge in [-0.3, -0.25) is 4.79 Å². The summed E-state index contributed by atoms with van der Waals surface area (Å²) in [6.45, 7) is 7.44. The van der Waals surface area contributed by atoms with E-state index in [1.165, 1.54) is 5.56 Å². The van der Waals surface area contributed by atoms with Gasteiger partial charge in [-0.25, -0.2) is 0 Å². The number of fused-ring (bicyclic) bond motifs is 2. The van der Waals surface area contributed by atoms with Gasteiger partial charge in [-0.1, -0.05) is 37.3 Å². The van der Waals surface area contributed by atoms with Crippen LogP contribution in [-0.4, -0.2) is 17.3 Å². The van der Waals surface area contributed by atoms with Gasteiger partial charge in [0, 0.05) is 6.54 Å². The average molecular weight is 382 g/mol. The molecule has 27 heavy (non-hydrogen) atoms. The third-order valence-electron chi connectivity index (χ3n) is 4.70. The number of nitrogens with zero attached hydrogens (tertiary/aromatic N) is 2. The molecule has 5 nitrogen and oxygen atoms in total. The number of hydrogen-bond acceptors (Lipinski definition) is 4. The van der Waals surface area contributed by atoms with Gasteiger partial charge in [-0.05, 0) is 48.2 Å². The molecule has 0 bridgehead atoms. The molecular weight excluding hydrogens is 360 g/mol. The van der Waals surface area contributed by atoms with Gasteiger partial charge in [-0.15, -0.1) is 0 Å². The van der Waals surface area contributed by atoms with Gasteiger partial charge < -0.3 is 14.0 Å². The Kier molecular flexibility index (Phi) is 4.74. The lowest BCUT2D eigenvalue weighted by Gasteiger charge is -2.05. The molecule has 0 saturated heterocycles. The Morgan fingerprint density at radius 2 is 2.00 bits per heavy atom. The zero-order valence-corrected chi connectivity index (χ0v) is 16.5. The van der Waals surface area contributed by atoms with Crippen molar-refractivity contribution in [2.24, 2.45) is 4.99 Å². The highest BCUT2D eigenvalue weighted by Crippen LogP contribution is 2.32. The number of aromatic nitrogens is 1. The number of benzene rings is 2. The summed E-state index contributed by atoms with van der Waals surface area (Å²) in [6.07, 6.45) is 0.242. The van der Waals surface area contributed by atoms with Crippen molar-refractivity contribution in [2.45, 2.75) is 39.7 Å². The fourth-order valence-corrected chi connectivity index (χ4v) is 4.37. The molecule has 0 spiro atoms. The van der Waals surface area contributed by atoms with Crippen LogP contribution in [0.15, 0.2) is 41.4 Å². The van der Waals surface area contributed by atoms with Gasteiger partial charge in [-0.2, -0.15) is 4.99 Å². The molecule has 0 atom stereocenters. The number of amides is 1. The molecule has 0 saturated carbocycles. The van der Waals surface area contributed by atoms with Crippen molar-refractivity contribution in [1.29, 1.82) is 0 Å². The van der Waals surface area contributed by atoms with Crippen LogP contribution in [0.2, 0.25) is 0 Å². The highest BCUT2D eigenvalue weighted by molar-refractivity contribution is 7.16. The SMILES string of the molecule is CCn1c(=NC(=O)Cc2ccc3c(c2)OCO3)sc2cc(C(C)C)ccc21. The number of aryl methyl sites for hydroxylation is 1. The minimum absolute atomic E-state index is 0.160. The topological polar surface area (TPSA) is 52.8 Å². The highest BCUT2D eigenvalue weighted by atomic mass is 32.1. The lowest BCUT2D eigenvalue weighted by molar-refractivity contribution is -0.117. The maximum atomic E-state index is 12.6. The smallest absolute Gasteiger partial charge is 0.252 e. The summed E-state index contributed by atoms with van der Waals surface area (Å²) in [6, 6.07) is 12.1. The molecule has 1 amide bonds. The Morgan fingerprint density at radius 3 is 2.78 bits per heavy atom. The second-order valence-electron chi connectivity index (χ2n) is 6.88. The van der Waals surface area contributed by atoms with Gasteiger partial charge in [0.25, 0.3) is 5.91 Å². The number of carbonyl (C=O) groups excluding carboxylic acids is 1. The second-order valence-corrected chi connectivity index (χ2v) is 7.89. The molecule has 1 aliphatic rings. The first-order chi connectivity index (χ1) is 13.0. The Hall–Kier alpha value is -2.60. The van der Waals surface area contributed by atoms with Crippen LogP contribution in [0.5, 0.6) is 11.5 Å².